The molecular formula is C18H19ClFN3O. The van der Waals surface area contributed by atoms with Crippen LogP contribution in [0.1, 0.15) is 17.5 Å². The summed E-state index contributed by atoms with van der Waals surface area (Å²) >= 11 is 5.73. The molecule has 2 aromatic rings. The number of benzene rings is 1. The highest BCUT2D eigenvalue weighted by molar-refractivity contribution is 6.30. The van der Waals surface area contributed by atoms with Crippen molar-refractivity contribution >= 4 is 11.6 Å². The molecule has 0 radical (unpaired) electrons. The van der Waals surface area contributed by atoms with E-state index >= 15 is 0 Å². The van der Waals surface area contributed by atoms with Crippen molar-refractivity contribution < 1.29 is 9.13 Å². The normalized spacial score (nSPS) is 22.7. The molecule has 1 spiro atoms. The van der Waals surface area contributed by atoms with Crippen LogP contribution in [-0.4, -0.2) is 40.7 Å². The average molecular weight is 348 g/mol. The number of hydrogen-bond acceptors (Lipinski definition) is 4. The van der Waals surface area contributed by atoms with E-state index in [1.165, 1.54) is 6.07 Å². The summed E-state index contributed by atoms with van der Waals surface area (Å²) in [5.41, 5.74) is 2.33. The Labute approximate surface area is 145 Å². The van der Waals surface area contributed by atoms with E-state index in [2.05, 4.69) is 14.9 Å². The summed E-state index contributed by atoms with van der Waals surface area (Å²) < 4.78 is 19.5. The number of hydrogen-bond donors (Lipinski definition) is 0. The number of halogens is 2. The van der Waals surface area contributed by atoms with E-state index in [9.17, 15) is 4.39 Å². The fourth-order valence-electron chi connectivity index (χ4n) is 3.86. The van der Waals surface area contributed by atoms with Gasteiger partial charge in [-0.05, 0) is 29.7 Å². The lowest BCUT2D eigenvalue weighted by Gasteiger charge is -2.47. The summed E-state index contributed by atoms with van der Waals surface area (Å²) in [5.74, 6) is -0.348. The van der Waals surface area contributed by atoms with E-state index < -0.39 is 0 Å². The molecule has 0 amide bonds. The molecule has 2 saturated heterocycles. The Bertz CT molecular complexity index is 721. The summed E-state index contributed by atoms with van der Waals surface area (Å²) in [6.45, 7) is 3.56. The van der Waals surface area contributed by atoms with Crippen molar-refractivity contribution in [1.29, 1.82) is 0 Å². The second-order valence-electron chi connectivity index (χ2n) is 6.98. The maximum Gasteiger partial charge on any atom is 0.142 e. The Morgan fingerprint density at radius 3 is 2.79 bits per heavy atom. The van der Waals surface area contributed by atoms with E-state index in [0.717, 1.165) is 50.2 Å². The summed E-state index contributed by atoms with van der Waals surface area (Å²) in [6, 6.07) is 5.04. The van der Waals surface area contributed by atoms with Gasteiger partial charge < -0.3 is 4.74 Å². The van der Waals surface area contributed by atoms with Crippen LogP contribution in [0.3, 0.4) is 0 Å². The first-order chi connectivity index (χ1) is 11.6. The number of rotatable bonds is 4. The molecule has 0 unspecified atom stereocenters. The highest BCUT2D eigenvalue weighted by Gasteiger charge is 2.48. The molecule has 0 N–H and O–H groups in total. The standard InChI is InChI=1S/C18H19ClFN3O/c19-16-2-1-13(4-17(16)20)8-23-9-18(10-23)5-15(24-11-18)3-14-6-21-12-22-7-14/h1-2,4,6-7,12,15H,3,5,8-11H2/t15-/m0/s1. The molecule has 4 nitrogen and oxygen atoms in total. The van der Waals surface area contributed by atoms with E-state index in [4.69, 9.17) is 16.3 Å². The molecule has 24 heavy (non-hydrogen) atoms. The van der Waals surface area contributed by atoms with Gasteiger partial charge in [0.1, 0.15) is 12.1 Å². The van der Waals surface area contributed by atoms with Gasteiger partial charge in [-0.1, -0.05) is 17.7 Å². The summed E-state index contributed by atoms with van der Waals surface area (Å²) in [7, 11) is 0. The second-order valence-corrected chi connectivity index (χ2v) is 7.39. The number of ether oxygens (including phenoxy) is 1. The molecule has 4 rings (SSSR count). The lowest BCUT2D eigenvalue weighted by Crippen LogP contribution is -2.56. The predicted octanol–water partition coefficient (Wildman–Crippen LogP) is 3.10. The van der Waals surface area contributed by atoms with Crippen LogP contribution in [0.5, 0.6) is 0 Å². The van der Waals surface area contributed by atoms with Crippen LogP contribution in [-0.2, 0) is 17.7 Å². The molecule has 1 aromatic carbocycles. The third kappa shape index (κ3) is 3.29. The zero-order valence-corrected chi connectivity index (χ0v) is 14.0. The van der Waals surface area contributed by atoms with Crippen LogP contribution in [0.2, 0.25) is 5.02 Å². The second kappa shape index (κ2) is 6.39. The highest BCUT2D eigenvalue weighted by atomic mass is 35.5. The number of likely N-dealkylation sites (tertiary alicyclic amines) is 1. The van der Waals surface area contributed by atoms with Crippen molar-refractivity contribution in [3.8, 4) is 0 Å². The maximum absolute atomic E-state index is 13.5. The Morgan fingerprint density at radius 1 is 1.25 bits per heavy atom. The molecule has 6 heteroatoms. The zero-order chi connectivity index (χ0) is 16.6. The van der Waals surface area contributed by atoms with Gasteiger partial charge in [0.15, 0.2) is 0 Å². The van der Waals surface area contributed by atoms with Crippen molar-refractivity contribution in [2.45, 2.75) is 25.5 Å². The van der Waals surface area contributed by atoms with E-state index in [1.807, 2.05) is 18.5 Å². The minimum Gasteiger partial charge on any atom is -0.377 e. The van der Waals surface area contributed by atoms with Gasteiger partial charge in [0.25, 0.3) is 0 Å². The van der Waals surface area contributed by atoms with E-state index in [0.29, 0.717) is 0 Å². The van der Waals surface area contributed by atoms with Crippen LogP contribution in [0.4, 0.5) is 4.39 Å². The fraction of sp³-hybridized carbons (Fsp3) is 0.444. The van der Waals surface area contributed by atoms with Crippen molar-refractivity contribution in [2.24, 2.45) is 5.41 Å². The molecule has 126 valence electrons. The minimum atomic E-state index is -0.348. The van der Waals surface area contributed by atoms with Crippen LogP contribution < -0.4 is 0 Å². The molecule has 0 bridgehead atoms. The van der Waals surface area contributed by atoms with Gasteiger partial charge in [-0.15, -0.1) is 0 Å². The third-order valence-electron chi connectivity index (χ3n) is 4.87. The zero-order valence-electron chi connectivity index (χ0n) is 13.3. The summed E-state index contributed by atoms with van der Waals surface area (Å²) in [4.78, 5) is 10.4. The van der Waals surface area contributed by atoms with Gasteiger partial charge >= 0.3 is 0 Å². The van der Waals surface area contributed by atoms with E-state index in [1.54, 1.807) is 12.4 Å². The molecular weight excluding hydrogens is 329 g/mol. The maximum atomic E-state index is 13.5. The fourth-order valence-corrected chi connectivity index (χ4v) is 3.97. The predicted molar refractivity (Wildman–Crippen MR) is 89.2 cm³/mol. The quantitative estimate of drug-likeness (QED) is 0.852. The molecule has 0 aliphatic carbocycles. The Hall–Kier alpha value is -1.56. The van der Waals surface area contributed by atoms with Gasteiger partial charge in [-0.2, -0.15) is 0 Å². The third-order valence-corrected chi connectivity index (χ3v) is 5.18. The van der Waals surface area contributed by atoms with E-state index in [-0.39, 0.29) is 22.4 Å². The van der Waals surface area contributed by atoms with Crippen LogP contribution in [0.15, 0.2) is 36.9 Å². The van der Waals surface area contributed by atoms with Gasteiger partial charge in [0, 0.05) is 43.9 Å². The summed E-state index contributed by atoms with van der Waals surface area (Å²) in [5, 5.41) is 0.177. The van der Waals surface area contributed by atoms with Crippen molar-refractivity contribution in [1.82, 2.24) is 14.9 Å². The van der Waals surface area contributed by atoms with Crippen LogP contribution >= 0.6 is 11.6 Å². The van der Waals surface area contributed by atoms with Gasteiger partial charge in [0.05, 0.1) is 17.7 Å². The number of nitrogens with zero attached hydrogens (tertiary/aromatic N) is 3. The molecule has 0 saturated carbocycles. The lowest BCUT2D eigenvalue weighted by molar-refractivity contribution is -0.0141. The molecule has 2 aliphatic heterocycles. The first-order valence-corrected chi connectivity index (χ1v) is 8.51. The Balaban J connectivity index is 1.30. The van der Waals surface area contributed by atoms with Gasteiger partial charge in [-0.25, -0.2) is 14.4 Å². The highest BCUT2D eigenvalue weighted by Crippen LogP contribution is 2.42. The molecule has 1 atom stereocenters. The first kappa shape index (κ1) is 15.9. The monoisotopic (exact) mass is 347 g/mol. The van der Waals surface area contributed by atoms with Crippen molar-refractivity contribution in [2.75, 3.05) is 19.7 Å². The summed E-state index contributed by atoms with van der Waals surface area (Å²) in [6.07, 6.45) is 7.42. The Kier molecular flexibility index (Phi) is 4.24. The van der Waals surface area contributed by atoms with Crippen LogP contribution in [0.25, 0.3) is 0 Å². The van der Waals surface area contributed by atoms with Gasteiger partial charge in [0.2, 0.25) is 0 Å². The molecule has 2 aliphatic rings. The SMILES string of the molecule is Fc1cc(CN2CC3(CO[C@@H](Cc4cncnc4)C3)C2)ccc1Cl. The van der Waals surface area contributed by atoms with Crippen LogP contribution in [0, 0.1) is 11.2 Å². The molecule has 3 heterocycles. The van der Waals surface area contributed by atoms with Gasteiger partial charge in [-0.3, -0.25) is 4.90 Å². The lowest BCUT2D eigenvalue weighted by atomic mass is 9.77. The average Bonchev–Trinajstić information content (AvgIpc) is 2.95. The Morgan fingerprint density at radius 2 is 2.04 bits per heavy atom. The minimum absolute atomic E-state index is 0.177. The van der Waals surface area contributed by atoms with Crippen molar-refractivity contribution in [3.63, 3.8) is 0 Å². The van der Waals surface area contributed by atoms with Crippen molar-refractivity contribution in [3.05, 3.63) is 58.9 Å². The first-order valence-electron chi connectivity index (χ1n) is 8.14. The molecule has 1 aromatic heterocycles. The largest absolute Gasteiger partial charge is 0.377 e. The number of aromatic nitrogens is 2. The topological polar surface area (TPSA) is 38.2 Å². The molecule has 2 fully saturated rings. The smallest absolute Gasteiger partial charge is 0.142 e.